The summed E-state index contributed by atoms with van der Waals surface area (Å²) in [5, 5.41) is 27.7. The van der Waals surface area contributed by atoms with Crippen LogP contribution in [-0.4, -0.2) is 110 Å². The SMILES string of the molecule is COc1ncc(-c2ccc3ncc(-c4nnc(-c5cccc(C(=O)NCCCC(=O)N[C@@H](C(=O)N6C[C@H](O)C[C@H]6C(=O)NCc6ccc(-c7scnc7C)cc6)C(C)(C)C)c5)o4)n3c2)cc1NS(=O)(=O)c1ccc(F)cc1F. The number of anilines is 1. The summed E-state index contributed by atoms with van der Waals surface area (Å²) in [6.07, 6.45) is 4.00. The zero-order valence-electron chi connectivity index (χ0n) is 42.8. The number of pyridine rings is 2. The second kappa shape index (κ2) is 22.6. The Labute approximate surface area is 450 Å². The molecule has 0 unspecified atom stereocenters. The molecule has 4 amide bonds. The molecule has 9 rings (SSSR count). The molecule has 1 fully saturated rings. The second-order valence-corrected chi connectivity index (χ2v) is 22.1. The van der Waals surface area contributed by atoms with E-state index in [-0.39, 0.29) is 67.8 Å². The first-order valence-electron chi connectivity index (χ1n) is 24.5. The molecule has 0 aliphatic carbocycles. The Bertz CT molecular complexity index is 3670. The maximum Gasteiger partial charge on any atom is 0.266 e. The molecule has 0 bridgehead atoms. The molecule has 1 aliphatic heterocycles. The molecule has 6 heterocycles. The largest absolute Gasteiger partial charge is 0.480 e. The van der Waals surface area contributed by atoms with Gasteiger partial charge in [0, 0.05) is 73.2 Å². The smallest absolute Gasteiger partial charge is 0.266 e. The summed E-state index contributed by atoms with van der Waals surface area (Å²) in [7, 11) is -3.25. The number of rotatable bonds is 18. The van der Waals surface area contributed by atoms with Crippen LogP contribution in [0.1, 0.15) is 61.6 Å². The van der Waals surface area contributed by atoms with Gasteiger partial charge in [-0.1, -0.05) is 51.1 Å². The minimum Gasteiger partial charge on any atom is -0.480 e. The fraction of sp³-hybridized carbons (Fsp3) is 0.278. The molecule has 3 aromatic carbocycles. The number of fused-ring (bicyclic) bond motifs is 1. The average molecular weight is 1100 g/mol. The molecule has 5 N–H and O–H groups in total. The van der Waals surface area contributed by atoms with E-state index in [1.165, 1.54) is 30.5 Å². The fourth-order valence-electron chi connectivity index (χ4n) is 8.85. The van der Waals surface area contributed by atoms with E-state index in [2.05, 4.69) is 45.8 Å². The van der Waals surface area contributed by atoms with Gasteiger partial charge in [-0.3, -0.25) is 28.3 Å². The number of halogens is 2. The monoisotopic (exact) mass is 1100 g/mol. The number of hydrogen-bond donors (Lipinski definition) is 5. The summed E-state index contributed by atoms with van der Waals surface area (Å²) in [6.45, 7) is 7.64. The van der Waals surface area contributed by atoms with Crippen molar-refractivity contribution in [3.63, 3.8) is 0 Å². The molecule has 5 aromatic heterocycles. The van der Waals surface area contributed by atoms with Gasteiger partial charge in [0.1, 0.15) is 45.6 Å². The number of sulfonamides is 1. The number of methoxy groups -OCH3 is 1. The molecular weight excluding hydrogens is 1050 g/mol. The van der Waals surface area contributed by atoms with Crippen molar-refractivity contribution < 1.29 is 50.6 Å². The lowest BCUT2D eigenvalue weighted by Gasteiger charge is -2.35. The number of aryl methyl sites for hydroxylation is 1. The zero-order valence-corrected chi connectivity index (χ0v) is 44.4. The Kier molecular flexibility index (Phi) is 15.8. The van der Waals surface area contributed by atoms with E-state index in [0.29, 0.717) is 34.1 Å². The molecule has 1 saturated heterocycles. The van der Waals surface area contributed by atoms with Crippen LogP contribution >= 0.6 is 11.3 Å². The molecular formula is C54H53F2N11O9S2. The van der Waals surface area contributed by atoms with Crippen LogP contribution in [0.25, 0.3) is 50.3 Å². The number of imidazole rings is 1. The third kappa shape index (κ3) is 12.0. The third-order valence-electron chi connectivity index (χ3n) is 12.9. The highest BCUT2D eigenvalue weighted by atomic mass is 32.2. The Morgan fingerprint density at radius 3 is 2.40 bits per heavy atom. The number of nitrogens with one attached hydrogen (secondary N) is 4. The van der Waals surface area contributed by atoms with Crippen molar-refractivity contribution >= 4 is 56.3 Å². The molecule has 3 atom stereocenters. The van der Waals surface area contributed by atoms with Crippen LogP contribution in [0.3, 0.4) is 0 Å². The minimum atomic E-state index is -4.54. The van der Waals surface area contributed by atoms with Gasteiger partial charge in [0.15, 0.2) is 0 Å². The summed E-state index contributed by atoms with van der Waals surface area (Å²) < 4.78 is 69.7. The Morgan fingerprint density at radius 1 is 0.897 bits per heavy atom. The zero-order chi connectivity index (χ0) is 55.5. The van der Waals surface area contributed by atoms with Gasteiger partial charge < -0.3 is 35.1 Å². The molecule has 8 aromatic rings. The molecule has 78 heavy (non-hydrogen) atoms. The summed E-state index contributed by atoms with van der Waals surface area (Å²) in [5.41, 5.74) is 6.32. The molecule has 24 heteroatoms. The number of hydrogen-bond acceptors (Lipinski definition) is 15. The van der Waals surface area contributed by atoms with Crippen LogP contribution in [0.5, 0.6) is 5.88 Å². The first kappa shape index (κ1) is 54.3. The topological polar surface area (TPSA) is 265 Å². The molecule has 0 radical (unpaired) electrons. The van der Waals surface area contributed by atoms with Crippen molar-refractivity contribution in [3.8, 4) is 50.5 Å². The number of aliphatic hydroxyl groups is 1. The standard InChI is InChI=1S/C54H53F2N11O9S2/c1-30-46(77-29-61-30)32-13-11-31(12-14-32)24-59-49(71)41-23-38(68)28-67(41)53(72)47(54(2,3)4)62-45(69)10-7-19-57-48(70)33-8-6-9-34(20-33)50-63-64-52(76-50)42-26-58-44-18-15-35(27-66(42)44)36-21-40(51(75-5)60-25-36)65-78(73,74)43-17-16-37(55)22-39(43)56/h6,8-9,11-18,20-22,25-27,29,38,41,47,65,68H,7,10,19,23-24,28H2,1-5H3,(H,57,70)(H,59,71)(H,62,69)/t38-,41+,47+/m1/s1. The Balaban J connectivity index is 0.792. The van der Waals surface area contributed by atoms with Crippen LogP contribution in [-0.2, 0) is 31.0 Å². The first-order chi connectivity index (χ1) is 37.3. The highest BCUT2D eigenvalue weighted by Crippen LogP contribution is 2.34. The Hall–Kier alpha value is -8.48. The molecule has 1 aliphatic rings. The van der Waals surface area contributed by atoms with Crippen LogP contribution < -0.4 is 25.4 Å². The first-order valence-corrected chi connectivity index (χ1v) is 26.9. The van der Waals surface area contributed by atoms with Crippen LogP contribution in [0.4, 0.5) is 14.5 Å². The predicted molar refractivity (Wildman–Crippen MR) is 284 cm³/mol. The van der Waals surface area contributed by atoms with Gasteiger partial charge in [0.25, 0.3) is 21.8 Å². The normalized spacial score (nSPS) is 15.0. The molecule has 0 saturated carbocycles. The van der Waals surface area contributed by atoms with Crippen LogP contribution in [0.15, 0.2) is 118 Å². The van der Waals surface area contributed by atoms with Crippen molar-refractivity contribution in [3.05, 3.63) is 137 Å². The summed E-state index contributed by atoms with van der Waals surface area (Å²) >= 11 is 1.55. The number of thiazole rings is 1. The number of carbonyl (C=O) groups excluding carboxylic acids is 4. The highest BCUT2D eigenvalue weighted by Gasteiger charge is 2.44. The number of benzene rings is 3. The number of nitrogens with zero attached hydrogens (tertiary/aromatic N) is 7. The third-order valence-corrected chi connectivity index (χ3v) is 15.3. The Morgan fingerprint density at radius 2 is 1.67 bits per heavy atom. The highest BCUT2D eigenvalue weighted by molar-refractivity contribution is 7.92. The number of likely N-dealkylation sites (tertiary alicyclic amines) is 1. The lowest BCUT2D eigenvalue weighted by atomic mass is 9.85. The fourth-order valence-corrected chi connectivity index (χ4v) is 10.8. The van der Waals surface area contributed by atoms with E-state index >= 15 is 0 Å². The van der Waals surface area contributed by atoms with Gasteiger partial charge in [-0.2, -0.15) is 0 Å². The van der Waals surface area contributed by atoms with Gasteiger partial charge in [-0.05, 0) is 78.4 Å². The number of aromatic nitrogens is 6. The lowest BCUT2D eigenvalue weighted by Crippen LogP contribution is -2.57. The average Bonchev–Trinajstić information content (AvgIpc) is 4.28. The van der Waals surface area contributed by atoms with Crippen molar-refractivity contribution in [2.45, 2.75) is 76.6 Å². The second-order valence-electron chi connectivity index (χ2n) is 19.5. The maximum absolute atomic E-state index is 14.5. The summed E-state index contributed by atoms with van der Waals surface area (Å²) in [5.74, 6) is -3.89. The summed E-state index contributed by atoms with van der Waals surface area (Å²) in [6, 6.07) is 19.3. The lowest BCUT2D eigenvalue weighted by molar-refractivity contribution is -0.144. The predicted octanol–water partition coefficient (Wildman–Crippen LogP) is 6.95. The van der Waals surface area contributed by atoms with E-state index in [0.717, 1.165) is 33.8 Å². The maximum atomic E-state index is 14.5. The van der Waals surface area contributed by atoms with Crippen molar-refractivity contribution in [2.75, 3.05) is 24.9 Å². The number of amides is 4. The van der Waals surface area contributed by atoms with E-state index in [1.54, 1.807) is 84.6 Å². The van der Waals surface area contributed by atoms with Crippen LogP contribution in [0, 0.1) is 24.0 Å². The molecule has 20 nitrogen and oxygen atoms in total. The van der Waals surface area contributed by atoms with E-state index in [1.807, 2.05) is 31.2 Å². The van der Waals surface area contributed by atoms with Gasteiger partial charge >= 0.3 is 0 Å². The molecule has 0 spiro atoms. The van der Waals surface area contributed by atoms with E-state index in [4.69, 9.17) is 9.15 Å². The van der Waals surface area contributed by atoms with Crippen LogP contribution in [0.2, 0.25) is 0 Å². The number of carbonyl (C=O) groups is 4. The number of ether oxygens (including phenoxy) is 1. The number of aliphatic hydroxyl groups excluding tert-OH is 1. The van der Waals surface area contributed by atoms with Gasteiger partial charge in [0.05, 0.1) is 35.5 Å². The van der Waals surface area contributed by atoms with Gasteiger partial charge in [-0.25, -0.2) is 32.2 Å². The van der Waals surface area contributed by atoms with E-state index in [9.17, 15) is 41.5 Å². The quantitative estimate of drug-likeness (QED) is 0.0545. The van der Waals surface area contributed by atoms with Gasteiger partial charge in [-0.15, -0.1) is 21.5 Å². The van der Waals surface area contributed by atoms with Crippen molar-refractivity contribution in [1.82, 2.24) is 50.4 Å². The summed E-state index contributed by atoms with van der Waals surface area (Å²) in [4.78, 5) is 69.0. The number of β-amino-alcohol motifs (C(OH)–C–C–N with tert-alkyl or cyclic N) is 1. The van der Waals surface area contributed by atoms with E-state index < -0.39 is 73.8 Å². The van der Waals surface area contributed by atoms with Gasteiger partial charge in [0.2, 0.25) is 29.5 Å². The molecule has 404 valence electrons. The van der Waals surface area contributed by atoms with Crippen molar-refractivity contribution in [2.24, 2.45) is 5.41 Å². The minimum absolute atomic E-state index is 0.0235. The van der Waals surface area contributed by atoms with Crippen molar-refractivity contribution in [1.29, 1.82) is 0 Å².